The third-order valence-corrected chi connectivity index (χ3v) is 10.4. The molecule has 0 fully saturated rings. The first-order chi connectivity index (χ1) is 22.3. The van der Waals surface area contributed by atoms with E-state index in [2.05, 4.69) is 63.7 Å². The molecule has 47 heavy (non-hydrogen) atoms. The van der Waals surface area contributed by atoms with E-state index in [1.54, 1.807) is 48.5 Å². The van der Waals surface area contributed by atoms with Gasteiger partial charge in [0.25, 0.3) is 11.6 Å². The molecule has 7 rings (SSSR count). The van der Waals surface area contributed by atoms with Crippen LogP contribution < -0.4 is 0 Å². The van der Waals surface area contributed by atoms with Gasteiger partial charge in [0.05, 0.1) is 17.9 Å². The van der Waals surface area contributed by atoms with Crippen LogP contribution in [0, 0.1) is 0 Å². The first-order valence-electron chi connectivity index (χ1n) is 13.6. The van der Waals surface area contributed by atoms with Crippen molar-refractivity contribution in [2.45, 2.75) is 11.6 Å². The third kappa shape index (κ3) is 5.03. The second-order valence-electron chi connectivity index (χ2n) is 10.7. The van der Waals surface area contributed by atoms with Crippen molar-refractivity contribution in [3.05, 3.63) is 125 Å². The van der Waals surface area contributed by atoms with Gasteiger partial charge in [-0.2, -0.15) is 0 Å². The summed E-state index contributed by atoms with van der Waals surface area (Å²) in [7, 11) is 0. The van der Waals surface area contributed by atoms with Crippen molar-refractivity contribution < 1.29 is 44.2 Å². The fraction of sp³-hybridized carbons (Fsp3) is 0.0588. The third-order valence-electron chi connectivity index (χ3n) is 7.91. The topological polar surface area (TPSA) is 143 Å². The molecule has 0 aromatic heterocycles. The molecule has 13 heteroatoms. The highest BCUT2D eigenvalue weighted by Crippen LogP contribution is 2.64. The molecule has 0 unspecified atom stereocenters. The van der Waals surface area contributed by atoms with Crippen molar-refractivity contribution in [3.63, 3.8) is 0 Å². The van der Waals surface area contributed by atoms with Gasteiger partial charge in [-0.3, -0.25) is 4.74 Å². The molecule has 4 N–H and O–H groups in total. The molecule has 2 atom stereocenters. The highest BCUT2D eigenvalue weighted by Gasteiger charge is 2.67. The number of hydrogen-bond donors (Lipinski definition) is 4. The van der Waals surface area contributed by atoms with Crippen molar-refractivity contribution in [2.24, 2.45) is 0 Å². The zero-order chi connectivity index (χ0) is 33.4. The van der Waals surface area contributed by atoms with Gasteiger partial charge in [-0.25, -0.2) is 9.59 Å². The summed E-state index contributed by atoms with van der Waals surface area (Å²) in [6, 6.07) is 18.5. The number of phenols is 4. The van der Waals surface area contributed by atoms with Gasteiger partial charge >= 0.3 is 11.9 Å². The maximum absolute atomic E-state index is 13.4. The normalized spacial score (nSPS) is 21.8. The first kappa shape index (κ1) is 31.7. The summed E-state index contributed by atoms with van der Waals surface area (Å²) >= 11 is 13.5. The van der Waals surface area contributed by atoms with Crippen molar-refractivity contribution in [3.8, 4) is 23.0 Å². The monoisotopic (exact) mass is 886 g/mol. The number of carbonyl (C=O) groups excluding carboxylic acids is 2. The predicted molar refractivity (Wildman–Crippen MR) is 185 cm³/mol. The number of hydrogen-bond acceptors (Lipinski definition) is 9. The van der Waals surface area contributed by atoms with Gasteiger partial charge in [-0.15, -0.1) is 0 Å². The van der Waals surface area contributed by atoms with Crippen LogP contribution in [0.3, 0.4) is 0 Å². The highest BCUT2D eigenvalue weighted by atomic mass is 79.9. The van der Waals surface area contributed by atoms with Crippen molar-refractivity contribution in [2.75, 3.05) is 0 Å². The van der Waals surface area contributed by atoms with E-state index < -0.39 is 23.5 Å². The van der Waals surface area contributed by atoms with Crippen molar-refractivity contribution in [1.82, 2.24) is 0 Å². The van der Waals surface area contributed by atoms with Crippen LogP contribution in [0.1, 0.15) is 22.3 Å². The number of esters is 2. The Morgan fingerprint density at radius 2 is 0.766 bits per heavy atom. The lowest BCUT2D eigenvalue weighted by Gasteiger charge is -2.34. The second kappa shape index (κ2) is 11.4. The van der Waals surface area contributed by atoms with Gasteiger partial charge in [0.15, 0.2) is 0 Å². The summed E-state index contributed by atoms with van der Waals surface area (Å²) < 4.78 is 20.5. The molecule has 0 radical (unpaired) electrons. The van der Waals surface area contributed by atoms with Gasteiger partial charge in [-0.1, -0.05) is 24.3 Å². The summed E-state index contributed by atoms with van der Waals surface area (Å²) in [5, 5.41) is 41.4. The first-order valence-corrected chi connectivity index (χ1v) is 16.8. The van der Waals surface area contributed by atoms with Crippen LogP contribution >= 0.6 is 63.7 Å². The van der Waals surface area contributed by atoms with E-state index in [1.165, 1.54) is 36.4 Å². The molecule has 0 amide bonds. The van der Waals surface area contributed by atoms with E-state index in [9.17, 15) is 30.0 Å². The molecule has 9 nitrogen and oxygen atoms in total. The Morgan fingerprint density at radius 3 is 1.09 bits per heavy atom. The van der Waals surface area contributed by atoms with E-state index in [0.29, 0.717) is 40.1 Å². The lowest BCUT2D eigenvalue weighted by molar-refractivity contribution is -0.232. The minimum atomic E-state index is -2.07. The number of benzene rings is 4. The van der Waals surface area contributed by atoms with Gasteiger partial charge in [0.2, 0.25) is 0 Å². The molecule has 3 aliphatic heterocycles. The number of phenolic OH excluding ortho intramolecular Hbond substituents is 4. The number of aromatic hydroxyl groups is 4. The van der Waals surface area contributed by atoms with Crippen LogP contribution in [0.15, 0.2) is 103 Å². The standard InChI is InChI=1S/C34H18Br4O9/c35-21-9-15(1-5-25(21)39)19-13-29(43)45-33(19)31(17-3-7-27(41)23(37)11-17)32(18-4-8-28(42)24(38)12-18)34(47-33)20(14-30(44)46-34)16-2-6-26(40)22(36)10-16/h1-14,39-42H/t33-,34-/m0/s1. The molecule has 0 bridgehead atoms. The Kier molecular flexibility index (Phi) is 7.67. The van der Waals surface area contributed by atoms with Crippen LogP contribution in [0.5, 0.6) is 23.0 Å². The predicted octanol–water partition coefficient (Wildman–Crippen LogP) is 8.17. The van der Waals surface area contributed by atoms with E-state index >= 15 is 0 Å². The summed E-state index contributed by atoms with van der Waals surface area (Å²) in [6.07, 6.45) is 2.52. The summed E-state index contributed by atoms with van der Waals surface area (Å²) in [6.45, 7) is 0. The summed E-state index contributed by atoms with van der Waals surface area (Å²) in [4.78, 5) is 26.7. The van der Waals surface area contributed by atoms with Gasteiger partial charge in [-0.05, 0) is 135 Å². The average molecular weight is 890 g/mol. The van der Waals surface area contributed by atoms with Crippen LogP contribution in [0.25, 0.3) is 22.3 Å². The van der Waals surface area contributed by atoms with E-state index in [4.69, 9.17) is 14.2 Å². The van der Waals surface area contributed by atoms with Crippen LogP contribution in [-0.2, 0) is 23.8 Å². The Morgan fingerprint density at radius 1 is 0.468 bits per heavy atom. The Bertz CT molecular complexity index is 2020. The van der Waals surface area contributed by atoms with Crippen LogP contribution in [-0.4, -0.2) is 43.9 Å². The zero-order valence-electron chi connectivity index (χ0n) is 23.4. The Balaban J connectivity index is 1.62. The average Bonchev–Trinajstić information content (AvgIpc) is 3.63. The molecule has 4 aromatic carbocycles. The molecule has 4 aromatic rings. The van der Waals surface area contributed by atoms with Gasteiger partial charge in [0.1, 0.15) is 23.0 Å². The maximum Gasteiger partial charge on any atom is 0.334 e. The van der Waals surface area contributed by atoms with E-state index in [1.807, 2.05) is 0 Å². The molecule has 0 saturated heterocycles. The second-order valence-corrected chi connectivity index (χ2v) is 14.1. The van der Waals surface area contributed by atoms with Crippen LogP contribution in [0.4, 0.5) is 0 Å². The smallest absolute Gasteiger partial charge is 0.334 e. The molecule has 2 spiro atoms. The van der Waals surface area contributed by atoms with Gasteiger partial charge in [0, 0.05) is 34.4 Å². The number of carbonyl (C=O) groups is 2. The molecule has 0 saturated carbocycles. The minimum Gasteiger partial charge on any atom is -0.507 e. The number of ether oxygens (including phenoxy) is 3. The molecule has 3 aliphatic rings. The van der Waals surface area contributed by atoms with Crippen molar-refractivity contribution in [1.29, 1.82) is 0 Å². The maximum atomic E-state index is 13.4. The Labute approximate surface area is 299 Å². The fourth-order valence-corrected chi connectivity index (χ4v) is 7.44. The molecule has 3 heterocycles. The fourth-order valence-electron chi connectivity index (χ4n) is 5.92. The summed E-state index contributed by atoms with van der Waals surface area (Å²) in [5.41, 5.74) is 2.64. The van der Waals surface area contributed by atoms with Gasteiger partial charge < -0.3 is 29.9 Å². The largest absolute Gasteiger partial charge is 0.507 e. The molecule has 0 aliphatic carbocycles. The van der Waals surface area contributed by atoms with E-state index in [-0.39, 0.29) is 45.3 Å². The molecule has 236 valence electrons. The number of rotatable bonds is 4. The number of halogens is 4. The van der Waals surface area contributed by atoms with Crippen LogP contribution in [0.2, 0.25) is 0 Å². The molecular formula is C34H18Br4O9. The molecular weight excluding hydrogens is 872 g/mol. The van der Waals surface area contributed by atoms with E-state index in [0.717, 1.165) is 0 Å². The lowest BCUT2D eigenvalue weighted by atomic mass is 9.81. The SMILES string of the molecule is O=C1C=C(c2ccc(O)c(Br)c2)[C@]2(O1)O[C@]1(OC(=O)C=C1c1ccc(O)c(Br)c1)C(c1ccc(O)c(Br)c1)=C2c1ccc(O)c(Br)c1. The lowest BCUT2D eigenvalue weighted by Crippen LogP contribution is -2.41. The van der Waals surface area contributed by atoms with Crippen molar-refractivity contribution >= 4 is 98.0 Å². The Hall–Kier alpha value is -3.88. The minimum absolute atomic E-state index is 0.0434. The summed E-state index contributed by atoms with van der Waals surface area (Å²) in [5.74, 6) is -5.86. The quantitative estimate of drug-likeness (QED) is 0.149. The highest BCUT2D eigenvalue weighted by molar-refractivity contribution is 9.11. The zero-order valence-corrected chi connectivity index (χ0v) is 29.8.